The molecule has 5 nitrogen and oxygen atoms in total. The number of hydrazine groups is 1. The highest BCUT2D eigenvalue weighted by atomic mass is 16.7. The molecular weight excluding hydrogens is 136 g/mol. The molecule has 0 bridgehead atoms. The summed E-state index contributed by atoms with van der Waals surface area (Å²) in [6.07, 6.45) is 0.382. The molecule has 0 aromatic rings. The standard InChI is InChI=1S/C5H8N2O3/c1-4(8)10-7-3-2-5(9)6-7/h2-3H2,1H3,(H,6,9). The molecule has 0 spiro atoms. The first kappa shape index (κ1) is 7.01. The Morgan fingerprint density at radius 1 is 1.80 bits per heavy atom. The van der Waals surface area contributed by atoms with Crippen molar-refractivity contribution in [2.45, 2.75) is 13.3 Å². The van der Waals surface area contributed by atoms with Gasteiger partial charge in [0.2, 0.25) is 5.91 Å². The van der Waals surface area contributed by atoms with Crippen LogP contribution < -0.4 is 5.43 Å². The maximum absolute atomic E-state index is 10.5. The van der Waals surface area contributed by atoms with E-state index in [1.165, 1.54) is 6.92 Å². The first-order chi connectivity index (χ1) is 4.68. The molecule has 1 N–H and O–H groups in total. The first-order valence-electron chi connectivity index (χ1n) is 2.94. The molecule has 0 aliphatic carbocycles. The lowest BCUT2D eigenvalue weighted by molar-refractivity contribution is -0.195. The smallest absolute Gasteiger partial charge is 0.324 e. The fourth-order valence-electron chi connectivity index (χ4n) is 0.678. The van der Waals surface area contributed by atoms with Crippen LogP contribution in [0.5, 0.6) is 0 Å². The summed E-state index contributed by atoms with van der Waals surface area (Å²) in [7, 11) is 0. The molecule has 1 amide bonds. The van der Waals surface area contributed by atoms with Gasteiger partial charge < -0.3 is 4.84 Å². The molecule has 1 fully saturated rings. The molecule has 0 aromatic carbocycles. The fourth-order valence-corrected chi connectivity index (χ4v) is 0.678. The van der Waals surface area contributed by atoms with Crippen LogP contribution >= 0.6 is 0 Å². The molecular formula is C5H8N2O3. The Kier molecular flexibility index (Phi) is 1.86. The number of hydroxylamine groups is 1. The topological polar surface area (TPSA) is 58.6 Å². The number of nitrogens with one attached hydrogen (secondary N) is 1. The third kappa shape index (κ3) is 1.70. The Morgan fingerprint density at radius 3 is 2.90 bits per heavy atom. The molecule has 1 heterocycles. The maximum Gasteiger partial charge on any atom is 0.324 e. The summed E-state index contributed by atoms with van der Waals surface area (Å²) in [5.74, 6) is -0.552. The highest BCUT2D eigenvalue weighted by Crippen LogP contribution is 1.97. The van der Waals surface area contributed by atoms with Crippen molar-refractivity contribution in [2.75, 3.05) is 6.54 Å². The number of amides is 1. The number of carbonyl (C=O) groups is 2. The molecule has 1 aliphatic heterocycles. The second kappa shape index (κ2) is 2.66. The molecule has 0 aromatic heterocycles. The quantitative estimate of drug-likeness (QED) is 0.523. The first-order valence-corrected chi connectivity index (χ1v) is 2.94. The van der Waals surface area contributed by atoms with Gasteiger partial charge in [-0.2, -0.15) is 0 Å². The normalized spacial score (nSPS) is 18.7. The lowest BCUT2D eigenvalue weighted by atomic mass is 10.5. The summed E-state index contributed by atoms with van der Waals surface area (Å²) in [6, 6.07) is 0. The largest absolute Gasteiger partial charge is 0.349 e. The Bertz CT molecular complexity index is 168. The van der Waals surface area contributed by atoms with Gasteiger partial charge >= 0.3 is 5.97 Å². The van der Waals surface area contributed by atoms with Crippen LogP contribution in [-0.4, -0.2) is 23.6 Å². The fraction of sp³-hybridized carbons (Fsp3) is 0.600. The third-order valence-electron chi connectivity index (χ3n) is 1.03. The van der Waals surface area contributed by atoms with Gasteiger partial charge in [0.15, 0.2) is 0 Å². The Hall–Kier alpha value is -1.10. The van der Waals surface area contributed by atoms with Gasteiger partial charge in [0.1, 0.15) is 0 Å². The van der Waals surface area contributed by atoms with Crippen LogP contribution in [0.4, 0.5) is 0 Å². The van der Waals surface area contributed by atoms with Crippen LogP contribution in [-0.2, 0) is 14.4 Å². The Morgan fingerprint density at radius 2 is 2.50 bits per heavy atom. The van der Waals surface area contributed by atoms with Crippen LogP contribution in [0.3, 0.4) is 0 Å². The zero-order valence-corrected chi connectivity index (χ0v) is 5.59. The van der Waals surface area contributed by atoms with E-state index in [4.69, 9.17) is 0 Å². The van der Waals surface area contributed by atoms with E-state index in [0.29, 0.717) is 13.0 Å². The highest BCUT2D eigenvalue weighted by Gasteiger charge is 2.20. The molecule has 0 saturated carbocycles. The Balaban J connectivity index is 2.31. The van der Waals surface area contributed by atoms with Crippen molar-refractivity contribution in [1.82, 2.24) is 10.6 Å². The predicted octanol–water partition coefficient (Wildman–Crippen LogP) is -0.799. The van der Waals surface area contributed by atoms with Crippen molar-refractivity contribution in [3.8, 4) is 0 Å². The minimum absolute atomic E-state index is 0.124. The van der Waals surface area contributed by atoms with Gasteiger partial charge in [-0.05, 0) is 5.17 Å². The second-order valence-corrected chi connectivity index (χ2v) is 1.97. The molecule has 0 atom stereocenters. The van der Waals surface area contributed by atoms with Gasteiger partial charge in [-0.15, -0.1) is 0 Å². The minimum Gasteiger partial charge on any atom is -0.349 e. The lowest BCUT2D eigenvalue weighted by Gasteiger charge is -2.11. The second-order valence-electron chi connectivity index (χ2n) is 1.97. The van der Waals surface area contributed by atoms with E-state index < -0.39 is 5.97 Å². The minimum atomic E-state index is -0.429. The van der Waals surface area contributed by atoms with E-state index in [-0.39, 0.29) is 5.91 Å². The van der Waals surface area contributed by atoms with Crippen molar-refractivity contribution < 1.29 is 14.4 Å². The molecule has 56 valence electrons. The van der Waals surface area contributed by atoms with Crippen LogP contribution in [0.1, 0.15) is 13.3 Å². The summed E-state index contributed by atoms with van der Waals surface area (Å²) < 4.78 is 0. The van der Waals surface area contributed by atoms with Crippen molar-refractivity contribution in [1.29, 1.82) is 0 Å². The highest BCUT2D eigenvalue weighted by molar-refractivity contribution is 5.77. The zero-order chi connectivity index (χ0) is 7.56. The molecule has 1 rings (SSSR count). The average Bonchev–Trinajstić information content (AvgIpc) is 2.13. The van der Waals surface area contributed by atoms with Crippen molar-refractivity contribution in [3.63, 3.8) is 0 Å². The van der Waals surface area contributed by atoms with E-state index in [0.717, 1.165) is 5.17 Å². The Labute approximate surface area is 57.9 Å². The predicted molar refractivity (Wildman–Crippen MR) is 31.2 cm³/mol. The van der Waals surface area contributed by atoms with Crippen LogP contribution in [0, 0.1) is 0 Å². The van der Waals surface area contributed by atoms with Gasteiger partial charge in [-0.1, -0.05) is 0 Å². The van der Waals surface area contributed by atoms with E-state index in [1.807, 2.05) is 0 Å². The number of nitrogens with zero attached hydrogens (tertiary/aromatic N) is 1. The van der Waals surface area contributed by atoms with E-state index >= 15 is 0 Å². The molecule has 0 radical (unpaired) electrons. The summed E-state index contributed by atoms with van der Waals surface area (Å²) in [5.41, 5.74) is 2.34. The van der Waals surface area contributed by atoms with Crippen molar-refractivity contribution in [3.05, 3.63) is 0 Å². The lowest BCUT2D eigenvalue weighted by Crippen LogP contribution is -2.34. The van der Waals surface area contributed by atoms with Gasteiger partial charge in [0.25, 0.3) is 0 Å². The van der Waals surface area contributed by atoms with Crippen LogP contribution in [0.2, 0.25) is 0 Å². The zero-order valence-electron chi connectivity index (χ0n) is 5.59. The van der Waals surface area contributed by atoms with E-state index in [1.54, 1.807) is 0 Å². The van der Waals surface area contributed by atoms with Gasteiger partial charge in [-0.25, -0.2) is 0 Å². The van der Waals surface area contributed by atoms with Crippen LogP contribution in [0.25, 0.3) is 0 Å². The number of hydrogen-bond acceptors (Lipinski definition) is 4. The number of carbonyl (C=O) groups excluding carboxylic acids is 2. The van der Waals surface area contributed by atoms with Crippen molar-refractivity contribution in [2.24, 2.45) is 0 Å². The molecule has 0 unspecified atom stereocenters. The van der Waals surface area contributed by atoms with Crippen molar-refractivity contribution >= 4 is 11.9 Å². The SMILES string of the molecule is CC(=O)ON1CCC(=O)N1. The van der Waals surface area contributed by atoms with Crippen LogP contribution in [0.15, 0.2) is 0 Å². The van der Waals surface area contributed by atoms with E-state index in [9.17, 15) is 9.59 Å². The average molecular weight is 144 g/mol. The monoisotopic (exact) mass is 144 g/mol. The number of hydrogen-bond donors (Lipinski definition) is 1. The summed E-state index contributed by atoms with van der Waals surface area (Å²) >= 11 is 0. The molecule has 1 aliphatic rings. The molecule has 10 heavy (non-hydrogen) atoms. The molecule has 1 saturated heterocycles. The van der Waals surface area contributed by atoms with Gasteiger partial charge in [-0.3, -0.25) is 15.0 Å². The summed E-state index contributed by atoms with van der Waals surface area (Å²) in [6.45, 7) is 1.71. The maximum atomic E-state index is 10.5. The molecule has 5 heteroatoms. The van der Waals surface area contributed by atoms with Gasteiger partial charge in [0.05, 0.1) is 6.54 Å². The van der Waals surface area contributed by atoms with Gasteiger partial charge in [0, 0.05) is 13.3 Å². The third-order valence-corrected chi connectivity index (χ3v) is 1.03. The summed E-state index contributed by atoms with van der Waals surface area (Å²) in [5, 5.41) is 1.13. The number of rotatable bonds is 1. The summed E-state index contributed by atoms with van der Waals surface area (Å²) in [4.78, 5) is 25.3. The van der Waals surface area contributed by atoms with E-state index in [2.05, 4.69) is 10.3 Å².